The lowest BCUT2D eigenvalue weighted by molar-refractivity contribution is -0.0179. The quantitative estimate of drug-likeness (QED) is 0.749. The Balaban J connectivity index is 1.76. The van der Waals surface area contributed by atoms with Crippen molar-refractivity contribution in [3.05, 3.63) is 24.3 Å². The molecule has 0 amide bonds. The number of hydrogen-bond acceptors (Lipinski definition) is 7. The van der Waals surface area contributed by atoms with E-state index in [0.717, 1.165) is 0 Å². The summed E-state index contributed by atoms with van der Waals surface area (Å²) in [7, 11) is -3.70. The average Bonchev–Trinajstić information content (AvgIpc) is 3.24. The van der Waals surface area contributed by atoms with E-state index in [4.69, 9.17) is 9.15 Å². The van der Waals surface area contributed by atoms with Gasteiger partial charge in [-0.1, -0.05) is 27.7 Å². The summed E-state index contributed by atoms with van der Waals surface area (Å²) < 4.78 is 40.2. The number of hydrogen-bond donors (Lipinski definition) is 0. The van der Waals surface area contributed by atoms with E-state index in [1.54, 1.807) is 17.1 Å². The minimum absolute atomic E-state index is 0.0483. The van der Waals surface area contributed by atoms with Crippen molar-refractivity contribution in [2.75, 3.05) is 19.7 Å². The Bertz CT molecular complexity index is 842. The van der Waals surface area contributed by atoms with Crippen LogP contribution in [-0.2, 0) is 21.3 Å². The molecule has 0 bridgehead atoms. The van der Waals surface area contributed by atoms with Crippen LogP contribution in [-0.4, -0.2) is 52.2 Å². The highest BCUT2D eigenvalue weighted by atomic mass is 32.2. The molecule has 0 spiro atoms. The Morgan fingerprint density at radius 3 is 2.69 bits per heavy atom. The smallest absolute Gasteiger partial charge is 0.262 e. The van der Waals surface area contributed by atoms with Gasteiger partial charge in [0, 0.05) is 31.7 Å². The summed E-state index contributed by atoms with van der Waals surface area (Å²) in [6.07, 6.45) is 2.55. The van der Waals surface area contributed by atoms with E-state index in [2.05, 4.69) is 29.0 Å². The molecule has 26 heavy (non-hydrogen) atoms. The number of aromatic nitrogens is 4. The zero-order valence-electron chi connectivity index (χ0n) is 15.5. The third-order valence-corrected chi connectivity index (χ3v) is 5.80. The number of rotatable bonds is 6. The number of nitrogens with zero attached hydrogens (tertiary/aromatic N) is 5. The van der Waals surface area contributed by atoms with E-state index >= 15 is 0 Å². The van der Waals surface area contributed by atoms with E-state index in [1.807, 2.05) is 13.8 Å². The van der Waals surface area contributed by atoms with Gasteiger partial charge in [0.15, 0.2) is 5.03 Å². The Morgan fingerprint density at radius 2 is 2.04 bits per heavy atom. The Hall–Kier alpha value is -1.78. The van der Waals surface area contributed by atoms with Gasteiger partial charge in [-0.15, -0.1) is 10.2 Å². The maximum atomic E-state index is 12.9. The van der Waals surface area contributed by atoms with Crippen LogP contribution in [0, 0.1) is 5.92 Å². The molecule has 0 saturated carbocycles. The van der Waals surface area contributed by atoms with E-state index < -0.39 is 16.1 Å². The van der Waals surface area contributed by atoms with Crippen LogP contribution in [0.2, 0.25) is 0 Å². The maximum Gasteiger partial charge on any atom is 0.262 e. The molecule has 10 heteroatoms. The normalized spacial score (nSPS) is 19.5. The Morgan fingerprint density at radius 1 is 1.27 bits per heavy atom. The average molecular weight is 383 g/mol. The highest BCUT2D eigenvalue weighted by Crippen LogP contribution is 2.26. The first kappa shape index (κ1) is 19.0. The molecule has 1 fully saturated rings. The fourth-order valence-corrected chi connectivity index (χ4v) is 4.09. The molecule has 2 aromatic rings. The van der Waals surface area contributed by atoms with Crippen LogP contribution in [0.3, 0.4) is 0 Å². The first-order valence-corrected chi connectivity index (χ1v) is 10.2. The highest BCUT2D eigenvalue weighted by Gasteiger charge is 2.35. The van der Waals surface area contributed by atoms with Gasteiger partial charge in [0.1, 0.15) is 6.10 Å². The van der Waals surface area contributed by atoms with Crippen LogP contribution in [0.15, 0.2) is 22.0 Å². The monoisotopic (exact) mass is 383 g/mol. The third-order valence-electron chi connectivity index (χ3n) is 4.04. The molecule has 1 aliphatic heterocycles. The van der Waals surface area contributed by atoms with E-state index in [1.165, 1.54) is 4.31 Å². The first-order chi connectivity index (χ1) is 12.3. The van der Waals surface area contributed by atoms with Crippen molar-refractivity contribution >= 4 is 10.0 Å². The summed E-state index contributed by atoms with van der Waals surface area (Å²) in [5, 5.41) is 8.04. The molecule has 3 rings (SSSR count). The van der Waals surface area contributed by atoms with Gasteiger partial charge in [-0.25, -0.2) is 13.4 Å². The molecule has 1 atom stereocenters. The fraction of sp³-hybridized carbons (Fsp3) is 0.688. The number of sulfonamides is 1. The summed E-state index contributed by atoms with van der Waals surface area (Å²) in [6.45, 7) is 9.39. The molecule has 0 radical (unpaired) electrons. The molecule has 3 heterocycles. The third kappa shape index (κ3) is 3.97. The van der Waals surface area contributed by atoms with Gasteiger partial charge >= 0.3 is 0 Å². The van der Waals surface area contributed by atoms with Gasteiger partial charge < -0.3 is 13.7 Å². The molecule has 1 saturated heterocycles. The van der Waals surface area contributed by atoms with Gasteiger partial charge in [0.05, 0.1) is 12.9 Å². The second-order valence-corrected chi connectivity index (χ2v) is 9.04. The molecule has 0 unspecified atom stereocenters. The van der Waals surface area contributed by atoms with Crippen LogP contribution in [0.5, 0.6) is 0 Å². The zero-order valence-corrected chi connectivity index (χ0v) is 16.3. The predicted octanol–water partition coefficient (Wildman–Crippen LogP) is 1.81. The number of imidazole rings is 1. The fourth-order valence-electron chi connectivity index (χ4n) is 2.73. The molecule has 144 valence electrons. The summed E-state index contributed by atoms with van der Waals surface area (Å²) in [4.78, 5) is 4.08. The van der Waals surface area contributed by atoms with Gasteiger partial charge in [-0.2, -0.15) is 4.31 Å². The second-order valence-electron chi connectivity index (χ2n) is 7.16. The molecule has 0 aliphatic carbocycles. The van der Waals surface area contributed by atoms with Crippen molar-refractivity contribution in [2.24, 2.45) is 5.92 Å². The van der Waals surface area contributed by atoms with Crippen LogP contribution in [0.25, 0.3) is 0 Å². The number of morpholine rings is 1. The summed E-state index contributed by atoms with van der Waals surface area (Å²) in [5.74, 6) is 1.32. The first-order valence-electron chi connectivity index (χ1n) is 8.74. The standard InChI is InChI=1S/C16H25N5O4S/c1-11(2)7-20-9-14(17-10-20)26(22,23)21-5-6-24-13(8-21)16-19-18-15(25-16)12(3)4/h9-13H,5-8H2,1-4H3/t13-/m0/s1. The summed E-state index contributed by atoms with van der Waals surface area (Å²) in [6, 6.07) is 0. The topological polar surface area (TPSA) is 103 Å². The summed E-state index contributed by atoms with van der Waals surface area (Å²) >= 11 is 0. The predicted molar refractivity (Wildman–Crippen MR) is 92.9 cm³/mol. The number of ether oxygens (including phenoxy) is 1. The molecular formula is C16H25N5O4S. The van der Waals surface area contributed by atoms with Crippen LogP contribution >= 0.6 is 0 Å². The minimum atomic E-state index is -3.70. The minimum Gasteiger partial charge on any atom is -0.422 e. The highest BCUT2D eigenvalue weighted by molar-refractivity contribution is 7.89. The lowest BCUT2D eigenvalue weighted by atomic mass is 10.2. The lowest BCUT2D eigenvalue weighted by Crippen LogP contribution is -2.42. The zero-order chi connectivity index (χ0) is 18.9. The Labute approximate surface area is 153 Å². The molecular weight excluding hydrogens is 358 g/mol. The maximum absolute atomic E-state index is 12.9. The lowest BCUT2D eigenvalue weighted by Gasteiger charge is -2.29. The SMILES string of the molecule is CC(C)Cn1cnc(S(=O)(=O)N2CCO[C@H](c3nnc(C(C)C)o3)C2)c1. The Kier molecular flexibility index (Phi) is 5.44. The van der Waals surface area contributed by atoms with E-state index in [0.29, 0.717) is 24.2 Å². The van der Waals surface area contributed by atoms with Gasteiger partial charge in [-0.05, 0) is 5.92 Å². The molecule has 1 aliphatic rings. The molecule has 0 aromatic carbocycles. The van der Waals surface area contributed by atoms with Crippen LogP contribution in [0.1, 0.15) is 51.5 Å². The van der Waals surface area contributed by atoms with E-state index in [9.17, 15) is 8.42 Å². The molecule has 9 nitrogen and oxygen atoms in total. The second kappa shape index (κ2) is 7.45. The molecule has 2 aromatic heterocycles. The van der Waals surface area contributed by atoms with Crippen LogP contribution < -0.4 is 0 Å². The van der Waals surface area contributed by atoms with Crippen molar-refractivity contribution in [1.29, 1.82) is 0 Å². The largest absolute Gasteiger partial charge is 0.422 e. The van der Waals surface area contributed by atoms with Crippen LogP contribution in [0.4, 0.5) is 0 Å². The van der Waals surface area contributed by atoms with Crippen molar-refractivity contribution in [3.63, 3.8) is 0 Å². The van der Waals surface area contributed by atoms with Gasteiger partial charge in [0.2, 0.25) is 11.8 Å². The van der Waals surface area contributed by atoms with Crippen molar-refractivity contribution in [2.45, 2.75) is 51.3 Å². The summed E-state index contributed by atoms with van der Waals surface area (Å²) in [5.41, 5.74) is 0. The molecule has 0 N–H and O–H groups in total. The van der Waals surface area contributed by atoms with Crippen molar-refractivity contribution < 1.29 is 17.6 Å². The van der Waals surface area contributed by atoms with Crippen molar-refractivity contribution in [3.8, 4) is 0 Å². The van der Waals surface area contributed by atoms with Crippen molar-refractivity contribution in [1.82, 2.24) is 24.1 Å². The van der Waals surface area contributed by atoms with E-state index in [-0.39, 0.29) is 30.6 Å². The van der Waals surface area contributed by atoms with Gasteiger partial charge in [-0.3, -0.25) is 0 Å². The van der Waals surface area contributed by atoms with Gasteiger partial charge in [0.25, 0.3) is 10.0 Å².